The fourth-order valence-corrected chi connectivity index (χ4v) is 1.25. The van der Waals surface area contributed by atoms with Gasteiger partial charge in [0, 0.05) is 22.2 Å². The zero-order chi connectivity index (χ0) is 15.2. The average Bonchev–Trinajstić information content (AvgIpc) is 2.15. The van der Waals surface area contributed by atoms with Crippen LogP contribution in [-0.4, -0.2) is 39.9 Å². The van der Waals surface area contributed by atoms with Gasteiger partial charge < -0.3 is 9.11 Å². The Morgan fingerprint density at radius 3 is 0.889 bits per heavy atom. The maximum absolute atomic E-state index is 12.4. The van der Waals surface area contributed by atoms with E-state index in [1.807, 2.05) is 0 Å². The van der Waals surface area contributed by atoms with Gasteiger partial charge in [0.15, 0.2) is 0 Å². The summed E-state index contributed by atoms with van der Waals surface area (Å²) in [6, 6.07) is 0. The van der Waals surface area contributed by atoms with Crippen LogP contribution < -0.4 is 0 Å². The molecule has 0 aliphatic heterocycles. The van der Waals surface area contributed by atoms with Gasteiger partial charge in [0.05, 0.1) is 0 Å². The van der Waals surface area contributed by atoms with Crippen LogP contribution in [0.3, 0.4) is 0 Å². The smallest absolute Gasteiger partial charge is 0.390 e. The van der Waals surface area contributed by atoms with Gasteiger partial charge >= 0.3 is 22.4 Å². The standard InChI is InChI=1S/C4H2F8O4S2/c5-1(6,3(9,10)17(13)14)2(7,8)4(11,12)18(15)16/h(H,13,14)(H,15,16)/p-2. The third-order valence-corrected chi connectivity index (χ3v) is 2.89. The predicted molar refractivity (Wildman–Crippen MR) is 37.6 cm³/mol. The lowest BCUT2D eigenvalue weighted by atomic mass is 10.2. The van der Waals surface area contributed by atoms with Gasteiger partial charge in [-0.3, -0.25) is 8.42 Å². The molecule has 18 heavy (non-hydrogen) atoms. The van der Waals surface area contributed by atoms with Crippen molar-refractivity contribution in [2.24, 2.45) is 0 Å². The van der Waals surface area contributed by atoms with Crippen LogP contribution in [0.15, 0.2) is 0 Å². The summed E-state index contributed by atoms with van der Waals surface area (Å²) in [5.74, 6) is -14.3. The van der Waals surface area contributed by atoms with Gasteiger partial charge in [0.2, 0.25) is 0 Å². The van der Waals surface area contributed by atoms with Crippen LogP contribution in [0, 0.1) is 0 Å². The summed E-state index contributed by atoms with van der Waals surface area (Å²) in [6.07, 6.45) is 0. The first-order valence-corrected chi connectivity index (χ1v) is 5.49. The van der Waals surface area contributed by atoms with Gasteiger partial charge in [-0.05, 0) is 0 Å². The molecule has 0 rings (SSSR count). The van der Waals surface area contributed by atoms with Crippen molar-refractivity contribution in [2.75, 3.05) is 0 Å². The molecule has 0 fully saturated rings. The van der Waals surface area contributed by atoms with Crippen LogP contribution in [0.2, 0.25) is 0 Å². The van der Waals surface area contributed by atoms with E-state index in [1.165, 1.54) is 0 Å². The van der Waals surface area contributed by atoms with E-state index >= 15 is 0 Å². The van der Waals surface area contributed by atoms with Gasteiger partial charge in [-0.2, -0.15) is 35.1 Å². The summed E-state index contributed by atoms with van der Waals surface area (Å²) >= 11 is -10.4. The van der Waals surface area contributed by atoms with E-state index in [-0.39, 0.29) is 0 Å². The minimum Gasteiger partial charge on any atom is -0.768 e. The van der Waals surface area contributed by atoms with E-state index in [9.17, 15) is 52.6 Å². The van der Waals surface area contributed by atoms with Crippen molar-refractivity contribution in [3.63, 3.8) is 0 Å². The van der Waals surface area contributed by atoms with E-state index < -0.39 is 44.5 Å². The normalized spacial score (nSPS) is 18.6. The van der Waals surface area contributed by atoms with Gasteiger partial charge in [-0.25, -0.2) is 0 Å². The molecule has 0 saturated heterocycles. The molecule has 0 aromatic carbocycles. The summed E-state index contributed by atoms with van der Waals surface area (Å²) in [4.78, 5) is 0. The molecular formula is C4F8O4S2-2. The quantitative estimate of drug-likeness (QED) is 0.561. The number of rotatable bonds is 5. The number of hydrogen-bond donors (Lipinski definition) is 0. The molecule has 2 unspecified atom stereocenters. The predicted octanol–water partition coefficient (Wildman–Crippen LogP) is 1.20. The molecule has 0 amide bonds. The van der Waals surface area contributed by atoms with Crippen LogP contribution in [0.4, 0.5) is 35.1 Å². The monoisotopic (exact) mass is 328 g/mol. The molecule has 0 saturated carbocycles. The van der Waals surface area contributed by atoms with E-state index in [4.69, 9.17) is 0 Å². The molecule has 2 atom stereocenters. The van der Waals surface area contributed by atoms with E-state index in [2.05, 4.69) is 0 Å². The maximum atomic E-state index is 12.4. The number of halogens is 8. The molecular weight excluding hydrogens is 328 g/mol. The molecule has 0 bridgehead atoms. The maximum Gasteiger partial charge on any atom is 0.390 e. The third kappa shape index (κ3) is 2.25. The highest BCUT2D eigenvalue weighted by atomic mass is 32.2. The third-order valence-electron chi connectivity index (χ3n) is 1.54. The summed E-state index contributed by atoms with van der Waals surface area (Å²) in [6.45, 7) is 0. The zero-order valence-electron chi connectivity index (χ0n) is 7.47. The van der Waals surface area contributed by atoms with Crippen LogP contribution in [0.1, 0.15) is 0 Å². The van der Waals surface area contributed by atoms with Crippen LogP contribution in [0.25, 0.3) is 0 Å². The highest BCUT2D eigenvalue weighted by molar-refractivity contribution is 7.80. The average molecular weight is 328 g/mol. The lowest BCUT2D eigenvalue weighted by Crippen LogP contribution is -2.64. The van der Waals surface area contributed by atoms with Crippen molar-refractivity contribution in [3.8, 4) is 0 Å². The van der Waals surface area contributed by atoms with Crippen LogP contribution >= 0.6 is 0 Å². The van der Waals surface area contributed by atoms with Crippen LogP contribution in [0.5, 0.6) is 0 Å². The van der Waals surface area contributed by atoms with Gasteiger partial charge in [-0.15, -0.1) is 0 Å². The first-order chi connectivity index (χ1) is 7.64. The molecule has 14 heteroatoms. The van der Waals surface area contributed by atoms with Crippen molar-refractivity contribution >= 4 is 22.2 Å². The van der Waals surface area contributed by atoms with Crippen molar-refractivity contribution in [3.05, 3.63) is 0 Å². The summed E-state index contributed by atoms with van der Waals surface area (Å²) in [5, 5.41) is -13.2. The molecule has 0 heterocycles. The summed E-state index contributed by atoms with van der Waals surface area (Å²) < 4.78 is 137. The second-order valence-corrected chi connectivity index (χ2v) is 4.62. The fraction of sp³-hybridized carbons (Fsp3) is 1.00. The van der Waals surface area contributed by atoms with Gasteiger partial charge in [0.25, 0.3) is 0 Å². The van der Waals surface area contributed by atoms with Crippen molar-refractivity contribution in [1.82, 2.24) is 0 Å². The Labute approximate surface area is 97.9 Å². The first-order valence-electron chi connectivity index (χ1n) is 3.34. The summed E-state index contributed by atoms with van der Waals surface area (Å²) in [5.41, 5.74) is 0. The first kappa shape index (κ1) is 17.7. The SMILES string of the molecule is O=S([O-])C(F)(F)C(F)(F)C(F)(F)C(F)(F)S(=O)[O-]. The summed E-state index contributed by atoms with van der Waals surface area (Å²) in [7, 11) is 0. The second kappa shape index (κ2) is 4.64. The van der Waals surface area contributed by atoms with E-state index in [0.29, 0.717) is 0 Å². The topological polar surface area (TPSA) is 80.3 Å². The Balaban J connectivity index is 5.89. The van der Waals surface area contributed by atoms with Gasteiger partial charge in [0.1, 0.15) is 0 Å². The molecule has 0 radical (unpaired) electrons. The lowest BCUT2D eigenvalue weighted by molar-refractivity contribution is -0.326. The minimum absolute atomic E-state index is 5.19. The molecule has 0 spiro atoms. The van der Waals surface area contributed by atoms with Crippen molar-refractivity contribution in [2.45, 2.75) is 22.4 Å². The fourth-order valence-electron chi connectivity index (χ4n) is 0.575. The highest BCUT2D eigenvalue weighted by Crippen LogP contribution is 2.54. The lowest BCUT2D eigenvalue weighted by Gasteiger charge is -2.37. The molecule has 0 aliphatic rings. The van der Waals surface area contributed by atoms with Crippen molar-refractivity contribution < 1.29 is 52.6 Å². The second-order valence-electron chi connectivity index (χ2n) is 2.65. The molecule has 0 aromatic heterocycles. The Hall–Kier alpha value is -0.340. The van der Waals surface area contributed by atoms with Gasteiger partial charge in [-0.1, -0.05) is 0 Å². The minimum atomic E-state index is -7.14. The Bertz CT molecular complexity index is 345. The Morgan fingerprint density at radius 1 is 0.611 bits per heavy atom. The van der Waals surface area contributed by atoms with E-state index in [1.54, 1.807) is 0 Å². The largest absolute Gasteiger partial charge is 0.768 e. The molecule has 110 valence electrons. The van der Waals surface area contributed by atoms with E-state index in [0.717, 1.165) is 0 Å². The highest BCUT2D eigenvalue weighted by Gasteiger charge is 2.81. The number of hydrogen-bond acceptors (Lipinski definition) is 4. The molecule has 4 nitrogen and oxygen atoms in total. The zero-order valence-corrected chi connectivity index (χ0v) is 9.11. The molecule has 0 aliphatic carbocycles. The molecule has 0 N–H and O–H groups in total. The molecule has 0 aromatic rings. The van der Waals surface area contributed by atoms with Crippen molar-refractivity contribution in [1.29, 1.82) is 0 Å². The Kier molecular flexibility index (Phi) is 4.56. The Morgan fingerprint density at radius 2 is 0.778 bits per heavy atom. The van der Waals surface area contributed by atoms with Crippen LogP contribution in [-0.2, 0) is 22.2 Å². The number of alkyl halides is 8.